The quantitative estimate of drug-likeness (QED) is 0.612. The Morgan fingerprint density at radius 3 is 2.33 bits per heavy atom. The highest BCUT2D eigenvalue weighted by molar-refractivity contribution is 5.11. The Morgan fingerprint density at radius 2 is 1.72 bits per heavy atom. The fraction of sp³-hybridized carbons (Fsp3) is 0.688. The van der Waals surface area contributed by atoms with Gasteiger partial charge in [0, 0.05) is 12.4 Å². The van der Waals surface area contributed by atoms with Gasteiger partial charge in [0.1, 0.15) is 0 Å². The summed E-state index contributed by atoms with van der Waals surface area (Å²) in [6.45, 7) is 2.25. The first-order valence-electron chi connectivity index (χ1n) is 7.42. The van der Waals surface area contributed by atoms with Crippen molar-refractivity contribution in [1.82, 2.24) is 4.98 Å². The van der Waals surface area contributed by atoms with Gasteiger partial charge >= 0.3 is 0 Å². The molecule has 0 saturated heterocycles. The number of unbranched alkanes of at least 4 members (excludes halogenated alkanes) is 7. The summed E-state index contributed by atoms with van der Waals surface area (Å²) in [5.41, 5.74) is 0.945. The van der Waals surface area contributed by atoms with E-state index in [1.54, 1.807) is 12.4 Å². The van der Waals surface area contributed by atoms with Gasteiger partial charge in [-0.3, -0.25) is 4.98 Å². The zero-order valence-electron chi connectivity index (χ0n) is 11.6. The monoisotopic (exact) mass is 249 g/mol. The minimum atomic E-state index is -0.334. The number of aromatic nitrogens is 1. The van der Waals surface area contributed by atoms with Crippen molar-refractivity contribution in [3.63, 3.8) is 0 Å². The van der Waals surface area contributed by atoms with E-state index in [0.717, 1.165) is 18.4 Å². The molecule has 0 aromatic carbocycles. The van der Waals surface area contributed by atoms with Gasteiger partial charge in [0.15, 0.2) is 0 Å². The maximum atomic E-state index is 9.95. The van der Waals surface area contributed by atoms with Gasteiger partial charge in [-0.1, -0.05) is 64.4 Å². The second-order valence-electron chi connectivity index (χ2n) is 5.07. The molecule has 0 aliphatic heterocycles. The zero-order valence-corrected chi connectivity index (χ0v) is 11.6. The molecule has 1 atom stereocenters. The predicted octanol–water partition coefficient (Wildman–Crippen LogP) is 4.65. The highest BCUT2D eigenvalue weighted by Gasteiger charge is 2.06. The van der Waals surface area contributed by atoms with Crippen molar-refractivity contribution in [3.8, 4) is 0 Å². The summed E-state index contributed by atoms with van der Waals surface area (Å²) in [7, 11) is 0. The van der Waals surface area contributed by atoms with Crippen LogP contribution in [0.1, 0.15) is 76.4 Å². The molecule has 0 radical (unpaired) electrons. The van der Waals surface area contributed by atoms with E-state index in [2.05, 4.69) is 11.9 Å². The minimum absolute atomic E-state index is 0.334. The Labute approximate surface area is 111 Å². The summed E-state index contributed by atoms with van der Waals surface area (Å²) in [5.74, 6) is 0. The van der Waals surface area contributed by atoms with Crippen molar-refractivity contribution in [2.45, 2.75) is 70.8 Å². The van der Waals surface area contributed by atoms with E-state index >= 15 is 0 Å². The van der Waals surface area contributed by atoms with Gasteiger partial charge in [0.25, 0.3) is 0 Å². The molecule has 1 rings (SSSR count). The molecule has 0 saturated carbocycles. The van der Waals surface area contributed by atoms with Crippen LogP contribution in [0.5, 0.6) is 0 Å². The van der Waals surface area contributed by atoms with Crippen LogP contribution >= 0.6 is 0 Å². The van der Waals surface area contributed by atoms with Gasteiger partial charge in [0.05, 0.1) is 6.10 Å². The van der Waals surface area contributed by atoms with Crippen LogP contribution in [0.15, 0.2) is 24.5 Å². The topological polar surface area (TPSA) is 33.1 Å². The summed E-state index contributed by atoms with van der Waals surface area (Å²) in [5, 5.41) is 9.95. The van der Waals surface area contributed by atoms with Crippen molar-refractivity contribution >= 4 is 0 Å². The largest absolute Gasteiger partial charge is 0.388 e. The van der Waals surface area contributed by atoms with Gasteiger partial charge in [-0.2, -0.15) is 0 Å². The Kier molecular flexibility index (Phi) is 8.49. The average molecular weight is 249 g/mol. The summed E-state index contributed by atoms with van der Waals surface area (Å²) >= 11 is 0. The number of nitrogens with zero attached hydrogens (tertiary/aromatic N) is 1. The van der Waals surface area contributed by atoms with Crippen LogP contribution in [0.3, 0.4) is 0 Å². The fourth-order valence-corrected chi connectivity index (χ4v) is 2.21. The van der Waals surface area contributed by atoms with E-state index in [4.69, 9.17) is 0 Å². The number of hydrogen-bond donors (Lipinski definition) is 1. The fourth-order valence-electron chi connectivity index (χ4n) is 2.21. The lowest BCUT2D eigenvalue weighted by Gasteiger charge is -2.09. The van der Waals surface area contributed by atoms with Crippen LogP contribution in [-0.4, -0.2) is 10.1 Å². The highest BCUT2D eigenvalue weighted by Crippen LogP contribution is 2.19. The summed E-state index contributed by atoms with van der Waals surface area (Å²) < 4.78 is 0. The van der Waals surface area contributed by atoms with E-state index < -0.39 is 0 Å². The van der Waals surface area contributed by atoms with Crippen molar-refractivity contribution in [3.05, 3.63) is 30.1 Å². The first-order chi connectivity index (χ1) is 8.84. The van der Waals surface area contributed by atoms with Crippen LogP contribution in [0.4, 0.5) is 0 Å². The van der Waals surface area contributed by atoms with E-state index in [-0.39, 0.29) is 6.10 Å². The second-order valence-corrected chi connectivity index (χ2v) is 5.07. The van der Waals surface area contributed by atoms with E-state index in [0.29, 0.717) is 0 Å². The maximum absolute atomic E-state index is 9.95. The molecule has 0 aliphatic rings. The molecule has 0 spiro atoms. The lowest BCUT2D eigenvalue weighted by Crippen LogP contribution is -1.97. The standard InChI is InChI=1S/C16H27NO/c1-2-3-4-5-6-7-8-9-12-16(18)15-11-10-13-17-14-15/h10-11,13-14,16,18H,2-9,12H2,1H3. The minimum Gasteiger partial charge on any atom is -0.388 e. The van der Waals surface area contributed by atoms with Crippen LogP contribution in [0.2, 0.25) is 0 Å². The maximum Gasteiger partial charge on any atom is 0.0804 e. The van der Waals surface area contributed by atoms with Gasteiger partial charge in [-0.25, -0.2) is 0 Å². The van der Waals surface area contributed by atoms with E-state index in [1.807, 2.05) is 12.1 Å². The number of pyridine rings is 1. The molecule has 1 aromatic rings. The molecule has 102 valence electrons. The molecule has 18 heavy (non-hydrogen) atoms. The number of rotatable bonds is 10. The summed E-state index contributed by atoms with van der Waals surface area (Å²) in [4.78, 5) is 4.03. The molecule has 0 fully saturated rings. The highest BCUT2D eigenvalue weighted by atomic mass is 16.3. The van der Waals surface area contributed by atoms with E-state index in [1.165, 1.54) is 44.9 Å². The lowest BCUT2D eigenvalue weighted by atomic mass is 10.0. The molecular formula is C16H27NO. The second kappa shape index (κ2) is 10.1. The Morgan fingerprint density at radius 1 is 1.06 bits per heavy atom. The Hall–Kier alpha value is -0.890. The van der Waals surface area contributed by atoms with Gasteiger partial charge in [-0.15, -0.1) is 0 Å². The number of aliphatic hydroxyl groups is 1. The third kappa shape index (κ3) is 6.75. The molecule has 1 unspecified atom stereocenters. The van der Waals surface area contributed by atoms with Gasteiger partial charge in [0.2, 0.25) is 0 Å². The van der Waals surface area contributed by atoms with Crippen molar-refractivity contribution < 1.29 is 5.11 Å². The molecule has 1 aromatic heterocycles. The first kappa shape index (κ1) is 15.2. The normalized spacial score (nSPS) is 12.6. The Balaban J connectivity index is 1.98. The van der Waals surface area contributed by atoms with Crippen molar-refractivity contribution in [2.24, 2.45) is 0 Å². The van der Waals surface area contributed by atoms with Crippen LogP contribution < -0.4 is 0 Å². The lowest BCUT2D eigenvalue weighted by molar-refractivity contribution is 0.163. The number of aliphatic hydroxyl groups excluding tert-OH is 1. The van der Waals surface area contributed by atoms with Gasteiger partial charge < -0.3 is 5.11 Å². The van der Waals surface area contributed by atoms with Crippen LogP contribution in [0.25, 0.3) is 0 Å². The van der Waals surface area contributed by atoms with Crippen LogP contribution in [-0.2, 0) is 0 Å². The molecular weight excluding hydrogens is 222 g/mol. The molecule has 0 bridgehead atoms. The molecule has 0 amide bonds. The molecule has 1 heterocycles. The SMILES string of the molecule is CCCCCCCCCCC(O)c1cccnc1. The smallest absolute Gasteiger partial charge is 0.0804 e. The zero-order chi connectivity index (χ0) is 13.1. The summed E-state index contributed by atoms with van der Waals surface area (Å²) in [6.07, 6.45) is 14.5. The summed E-state index contributed by atoms with van der Waals surface area (Å²) in [6, 6.07) is 3.83. The van der Waals surface area contributed by atoms with Crippen LogP contribution in [0, 0.1) is 0 Å². The Bertz CT molecular complexity index is 286. The predicted molar refractivity (Wildman–Crippen MR) is 76.4 cm³/mol. The third-order valence-electron chi connectivity index (χ3n) is 3.40. The van der Waals surface area contributed by atoms with Crippen molar-refractivity contribution in [1.29, 1.82) is 0 Å². The third-order valence-corrected chi connectivity index (χ3v) is 3.40. The molecule has 2 nitrogen and oxygen atoms in total. The van der Waals surface area contributed by atoms with E-state index in [9.17, 15) is 5.11 Å². The number of hydrogen-bond acceptors (Lipinski definition) is 2. The molecule has 2 heteroatoms. The van der Waals surface area contributed by atoms with Crippen molar-refractivity contribution in [2.75, 3.05) is 0 Å². The first-order valence-corrected chi connectivity index (χ1v) is 7.42. The van der Waals surface area contributed by atoms with Gasteiger partial charge in [-0.05, 0) is 18.1 Å². The molecule has 1 N–H and O–H groups in total. The average Bonchev–Trinajstić information content (AvgIpc) is 2.42. The molecule has 0 aliphatic carbocycles.